The predicted molar refractivity (Wildman–Crippen MR) is 74.2 cm³/mol. The highest BCUT2D eigenvalue weighted by atomic mass is 16.6. The fraction of sp³-hybridized carbons (Fsp3) is 0.400. The first-order valence-corrected chi connectivity index (χ1v) is 6.10. The van der Waals surface area contributed by atoms with Gasteiger partial charge in [0.15, 0.2) is 0 Å². The molecule has 3 heteroatoms. The molecule has 0 atom stereocenters. The number of carbonyl (C=O) groups excluding carboxylic acids is 1. The normalized spacial score (nSPS) is 11.6. The molecule has 0 aliphatic rings. The third kappa shape index (κ3) is 5.04. The third-order valence-electron chi connectivity index (χ3n) is 2.22. The van der Waals surface area contributed by atoms with Gasteiger partial charge in [0.05, 0.1) is 0 Å². The summed E-state index contributed by atoms with van der Waals surface area (Å²) < 4.78 is 5.19. The van der Waals surface area contributed by atoms with Crippen LogP contribution in [0.15, 0.2) is 30.3 Å². The Kier molecular flexibility index (Phi) is 4.95. The number of hydrogen-bond acceptors (Lipinski definition) is 2. The number of amides is 1. The summed E-state index contributed by atoms with van der Waals surface area (Å²) in [7, 11) is 0. The van der Waals surface area contributed by atoms with Gasteiger partial charge < -0.3 is 10.1 Å². The van der Waals surface area contributed by atoms with Crippen LogP contribution in [0.4, 0.5) is 4.79 Å². The molecule has 0 aliphatic carbocycles. The van der Waals surface area contributed by atoms with Crippen molar-refractivity contribution in [2.45, 2.75) is 39.8 Å². The van der Waals surface area contributed by atoms with Gasteiger partial charge in [-0.25, -0.2) is 4.79 Å². The average Bonchev–Trinajstić information content (AvgIpc) is 2.26. The number of allylic oxidation sites excluding steroid dienone is 1. The second kappa shape index (κ2) is 6.24. The molecule has 0 unspecified atom stereocenters. The standard InChI is InChI=1S/C15H21NO2/c1-5-8-12-9-6-7-10-13(12)11-16-14(17)18-15(2,3)4/h5-10H,11H2,1-4H3,(H,16,17)/b8-5+. The highest BCUT2D eigenvalue weighted by Gasteiger charge is 2.15. The van der Waals surface area contributed by atoms with Crippen molar-refractivity contribution in [2.75, 3.05) is 0 Å². The molecule has 1 rings (SSSR count). The molecule has 0 radical (unpaired) electrons. The Morgan fingerprint density at radius 2 is 2.00 bits per heavy atom. The van der Waals surface area contributed by atoms with Crippen molar-refractivity contribution < 1.29 is 9.53 Å². The van der Waals surface area contributed by atoms with Crippen molar-refractivity contribution in [3.05, 3.63) is 41.5 Å². The van der Waals surface area contributed by atoms with E-state index in [1.807, 2.05) is 64.1 Å². The van der Waals surface area contributed by atoms with Gasteiger partial charge in [-0.1, -0.05) is 36.4 Å². The molecular weight excluding hydrogens is 226 g/mol. The minimum Gasteiger partial charge on any atom is -0.444 e. The molecule has 0 aliphatic heterocycles. The van der Waals surface area contributed by atoms with Gasteiger partial charge >= 0.3 is 6.09 Å². The molecule has 98 valence electrons. The van der Waals surface area contributed by atoms with Crippen LogP contribution in [0.5, 0.6) is 0 Å². The maximum atomic E-state index is 11.5. The van der Waals surface area contributed by atoms with E-state index in [4.69, 9.17) is 4.74 Å². The molecule has 1 aromatic rings. The molecule has 1 aromatic carbocycles. The van der Waals surface area contributed by atoms with E-state index in [2.05, 4.69) is 5.32 Å². The summed E-state index contributed by atoms with van der Waals surface area (Å²) in [5.41, 5.74) is 1.71. The number of benzene rings is 1. The van der Waals surface area contributed by atoms with E-state index >= 15 is 0 Å². The third-order valence-corrected chi connectivity index (χ3v) is 2.22. The Bertz CT molecular complexity index is 430. The topological polar surface area (TPSA) is 38.3 Å². The van der Waals surface area contributed by atoms with Crippen LogP contribution in [-0.2, 0) is 11.3 Å². The lowest BCUT2D eigenvalue weighted by molar-refractivity contribution is 0.0523. The largest absolute Gasteiger partial charge is 0.444 e. The van der Waals surface area contributed by atoms with Crippen LogP contribution in [0.2, 0.25) is 0 Å². The molecule has 1 N–H and O–H groups in total. The lowest BCUT2D eigenvalue weighted by Crippen LogP contribution is -2.32. The highest BCUT2D eigenvalue weighted by molar-refractivity contribution is 5.68. The minimum atomic E-state index is -0.465. The Hall–Kier alpha value is -1.77. The summed E-state index contributed by atoms with van der Waals surface area (Å²) in [4.78, 5) is 11.5. The summed E-state index contributed by atoms with van der Waals surface area (Å²) in [5.74, 6) is 0. The molecule has 0 spiro atoms. The van der Waals surface area contributed by atoms with E-state index in [9.17, 15) is 4.79 Å². The van der Waals surface area contributed by atoms with Crippen molar-refractivity contribution in [3.63, 3.8) is 0 Å². The first kappa shape index (κ1) is 14.3. The number of carbonyl (C=O) groups is 1. The van der Waals surface area contributed by atoms with Crippen molar-refractivity contribution in [3.8, 4) is 0 Å². The van der Waals surface area contributed by atoms with E-state index < -0.39 is 11.7 Å². The fourth-order valence-corrected chi connectivity index (χ4v) is 1.52. The maximum Gasteiger partial charge on any atom is 0.407 e. The Balaban J connectivity index is 2.61. The Morgan fingerprint density at radius 1 is 1.33 bits per heavy atom. The van der Waals surface area contributed by atoms with Gasteiger partial charge in [0, 0.05) is 6.54 Å². The number of alkyl carbamates (subject to hydrolysis) is 1. The minimum absolute atomic E-state index is 0.391. The van der Waals surface area contributed by atoms with Crippen LogP contribution in [0, 0.1) is 0 Å². The summed E-state index contributed by atoms with van der Waals surface area (Å²) >= 11 is 0. The molecule has 0 aromatic heterocycles. The van der Waals surface area contributed by atoms with E-state index in [1.54, 1.807) is 0 Å². The van der Waals surface area contributed by atoms with Crippen molar-refractivity contribution in [2.24, 2.45) is 0 Å². The van der Waals surface area contributed by atoms with E-state index in [1.165, 1.54) is 0 Å². The van der Waals surface area contributed by atoms with Crippen LogP contribution < -0.4 is 5.32 Å². The zero-order chi connectivity index (χ0) is 13.6. The maximum absolute atomic E-state index is 11.5. The van der Waals surface area contributed by atoms with Gasteiger partial charge in [-0.3, -0.25) is 0 Å². The molecule has 18 heavy (non-hydrogen) atoms. The van der Waals surface area contributed by atoms with Gasteiger partial charge in [-0.15, -0.1) is 0 Å². The zero-order valence-corrected chi connectivity index (χ0v) is 11.5. The van der Waals surface area contributed by atoms with Gasteiger partial charge in [0.25, 0.3) is 0 Å². The van der Waals surface area contributed by atoms with Crippen LogP contribution in [0.3, 0.4) is 0 Å². The van der Waals surface area contributed by atoms with E-state index in [0.717, 1.165) is 11.1 Å². The lowest BCUT2D eigenvalue weighted by atomic mass is 10.1. The molecule has 0 bridgehead atoms. The van der Waals surface area contributed by atoms with E-state index in [-0.39, 0.29) is 0 Å². The second-order valence-electron chi connectivity index (χ2n) is 5.05. The van der Waals surface area contributed by atoms with Crippen LogP contribution in [0.1, 0.15) is 38.8 Å². The van der Waals surface area contributed by atoms with Gasteiger partial charge in [-0.05, 0) is 38.8 Å². The molecule has 0 saturated carbocycles. The van der Waals surface area contributed by atoms with Crippen molar-refractivity contribution in [1.29, 1.82) is 0 Å². The second-order valence-corrected chi connectivity index (χ2v) is 5.05. The molecule has 0 heterocycles. The summed E-state index contributed by atoms with van der Waals surface area (Å²) in [5, 5.41) is 2.76. The zero-order valence-electron chi connectivity index (χ0n) is 11.5. The molecule has 0 fully saturated rings. The SMILES string of the molecule is C/C=C/c1ccccc1CNC(=O)OC(C)(C)C. The highest BCUT2D eigenvalue weighted by Crippen LogP contribution is 2.11. The van der Waals surface area contributed by atoms with Crippen LogP contribution >= 0.6 is 0 Å². The van der Waals surface area contributed by atoms with Crippen LogP contribution in [0.25, 0.3) is 6.08 Å². The van der Waals surface area contributed by atoms with E-state index in [0.29, 0.717) is 6.54 Å². The monoisotopic (exact) mass is 247 g/mol. The molecule has 0 saturated heterocycles. The summed E-state index contributed by atoms with van der Waals surface area (Å²) in [6, 6.07) is 7.95. The number of ether oxygens (including phenoxy) is 1. The smallest absolute Gasteiger partial charge is 0.407 e. The first-order valence-electron chi connectivity index (χ1n) is 6.10. The predicted octanol–water partition coefficient (Wildman–Crippen LogP) is 3.74. The van der Waals surface area contributed by atoms with Crippen molar-refractivity contribution in [1.82, 2.24) is 5.32 Å². The average molecular weight is 247 g/mol. The summed E-state index contributed by atoms with van der Waals surface area (Å²) in [6.45, 7) is 7.98. The Labute approximate surface area is 109 Å². The number of hydrogen-bond donors (Lipinski definition) is 1. The van der Waals surface area contributed by atoms with Gasteiger partial charge in [-0.2, -0.15) is 0 Å². The quantitative estimate of drug-likeness (QED) is 0.883. The van der Waals surface area contributed by atoms with Crippen molar-refractivity contribution >= 4 is 12.2 Å². The van der Waals surface area contributed by atoms with Gasteiger partial charge in [0.2, 0.25) is 0 Å². The molecule has 3 nitrogen and oxygen atoms in total. The fourth-order valence-electron chi connectivity index (χ4n) is 1.52. The lowest BCUT2D eigenvalue weighted by Gasteiger charge is -2.19. The Morgan fingerprint density at radius 3 is 2.61 bits per heavy atom. The molecular formula is C15H21NO2. The number of rotatable bonds is 3. The number of nitrogens with one attached hydrogen (secondary N) is 1. The van der Waals surface area contributed by atoms with Gasteiger partial charge in [0.1, 0.15) is 5.60 Å². The van der Waals surface area contributed by atoms with Crippen LogP contribution in [-0.4, -0.2) is 11.7 Å². The summed E-state index contributed by atoms with van der Waals surface area (Å²) in [6.07, 6.45) is 3.61. The first-order chi connectivity index (χ1) is 8.42. The molecule has 1 amide bonds.